The number of nitrogens with one attached hydrogen (secondary N) is 1. The van der Waals surface area contributed by atoms with E-state index >= 15 is 14.2 Å². The van der Waals surface area contributed by atoms with E-state index in [0.29, 0.717) is 32.1 Å². The Morgan fingerprint density at radius 1 is 0.518 bits per heavy atom. The normalized spacial score (nSPS) is 16.8. The summed E-state index contributed by atoms with van der Waals surface area (Å²) >= 11 is 37.2. The fraction of sp³-hybridized carbons (Fsp3) is 0.714. The smallest absolute Gasteiger partial charge is 0.462 e. The molecule has 28 heteroatoms. The van der Waals surface area contributed by atoms with Crippen LogP contribution in [-0.2, 0) is 87.3 Å². The maximum absolute atomic E-state index is 15.9. The Balaban J connectivity index is 1.91. The van der Waals surface area contributed by atoms with Crippen LogP contribution in [-0.4, -0.2) is 118 Å². The first-order valence-electron chi connectivity index (χ1n) is 41.1. The molecule has 1 N–H and O–H groups in total. The molecule has 4 rings (SSSR count). The number of ether oxygens (including phenoxy) is 8. The lowest BCUT2D eigenvalue weighted by molar-refractivity contribution is -0.314. The summed E-state index contributed by atoms with van der Waals surface area (Å²) in [4.78, 5) is 97.7. The van der Waals surface area contributed by atoms with Crippen molar-refractivity contribution in [3.05, 3.63) is 96.6 Å². The van der Waals surface area contributed by atoms with E-state index in [0.717, 1.165) is 160 Å². The minimum Gasteiger partial charge on any atom is -0.462 e. The number of benzene rings is 3. The highest BCUT2D eigenvalue weighted by Gasteiger charge is 2.58. The van der Waals surface area contributed by atoms with Gasteiger partial charge in [0.25, 0.3) is 0 Å². The number of hydrogen-bond acceptors (Lipinski definition) is 20. The molecule has 1 aliphatic heterocycles. The minimum atomic E-state index is -5.25. The quantitative estimate of drug-likeness (QED) is 0.0105. The number of carbonyl (C=O) groups is 6. The van der Waals surface area contributed by atoms with Crippen molar-refractivity contribution >= 4 is 113 Å². The molecule has 0 aromatic heterocycles. The number of unbranched alkanes of at least 4 members (excludes halogenated alkanes) is 28. The third kappa shape index (κ3) is 45.4. The third-order valence-corrected chi connectivity index (χ3v) is 22.1. The third-order valence-electron chi connectivity index (χ3n) is 19.0. The van der Waals surface area contributed by atoms with Crippen LogP contribution in [0, 0.1) is 5.92 Å². The Morgan fingerprint density at radius 3 is 1.39 bits per heavy atom. The van der Waals surface area contributed by atoms with Crippen LogP contribution in [0.2, 0.25) is 0 Å². The fourth-order valence-electron chi connectivity index (χ4n) is 12.6. The Morgan fingerprint density at radius 2 is 0.946 bits per heavy atom. The molecule has 1 amide bonds. The SMILES string of the molecule is CCCCCCCCCCC[C@H](CC(=O)N[C@@H](COCc1ccccc1)CO[C@@H]1O[C@H](COC(=O)OC(C)(C)C(Cl)(Cl)Cl)[C@@H](OP(=O)(Oc2ccccc2)Oc2ccccc2)[C@H](OC(=O)C[C@@H](CCCCCCCCCCC)OC(=O)CCCCCCCCC)[C@H]1C(=O)OOCC(Cl)(Cl)Cl)OC(=O)CCCCCCCCC. The minimum absolute atomic E-state index is 0.0497. The number of para-hydroxylation sites is 2. The first-order chi connectivity index (χ1) is 53.8. The maximum atomic E-state index is 15.9. The van der Waals surface area contributed by atoms with Gasteiger partial charge in [-0.1, -0.05) is 344 Å². The van der Waals surface area contributed by atoms with Crippen LogP contribution < -0.4 is 14.4 Å². The van der Waals surface area contributed by atoms with Gasteiger partial charge in [-0.15, -0.1) is 0 Å². The lowest BCUT2D eigenvalue weighted by Gasteiger charge is -2.44. The van der Waals surface area contributed by atoms with Gasteiger partial charge in [0.2, 0.25) is 13.5 Å². The van der Waals surface area contributed by atoms with Gasteiger partial charge in [0.15, 0.2) is 17.8 Å². The first-order valence-corrected chi connectivity index (χ1v) is 44.9. The summed E-state index contributed by atoms with van der Waals surface area (Å²) in [7, 11) is -5.25. The highest BCUT2D eigenvalue weighted by Crippen LogP contribution is 2.53. The van der Waals surface area contributed by atoms with E-state index in [1.54, 1.807) is 36.4 Å². The van der Waals surface area contributed by atoms with Crippen LogP contribution in [0.15, 0.2) is 91.0 Å². The molecule has 1 saturated heterocycles. The number of alkyl halides is 6. The zero-order valence-electron chi connectivity index (χ0n) is 67.1. The predicted molar refractivity (Wildman–Crippen MR) is 440 cm³/mol. The number of phosphoric acid groups is 1. The summed E-state index contributed by atoms with van der Waals surface area (Å²) in [6.45, 7) is 8.69. The highest BCUT2D eigenvalue weighted by molar-refractivity contribution is 7.49. The van der Waals surface area contributed by atoms with Gasteiger partial charge in [0, 0.05) is 12.8 Å². The van der Waals surface area contributed by atoms with Crippen molar-refractivity contribution in [3.63, 3.8) is 0 Å². The van der Waals surface area contributed by atoms with Gasteiger partial charge in [0.05, 0.1) is 38.7 Å². The van der Waals surface area contributed by atoms with E-state index in [-0.39, 0.29) is 50.4 Å². The number of esters is 3. The van der Waals surface area contributed by atoms with E-state index < -0.39 is 132 Å². The molecular formula is C84H128Cl6NO20P. The van der Waals surface area contributed by atoms with E-state index in [1.807, 2.05) is 30.3 Å². The average molecular weight is 1720 g/mol. The molecule has 1 fully saturated rings. The van der Waals surface area contributed by atoms with Gasteiger partial charge in [0.1, 0.15) is 55.2 Å². The van der Waals surface area contributed by atoms with Gasteiger partial charge < -0.3 is 52.3 Å². The second kappa shape index (κ2) is 58.5. The molecular weight excluding hydrogens is 1590 g/mol. The van der Waals surface area contributed by atoms with Crippen molar-refractivity contribution in [2.24, 2.45) is 5.92 Å². The number of phosphoric ester groups is 1. The van der Waals surface area contributed by atoms with Gasteiger partial charge >= 0.3 is 37.9 Å². The number of amides is 1. The molecule has 3 aromatic rings. The lowest BCUT2D eigenvalue weighted by atomic mass is 9.90. The molecule has 0 radical (unpaired) electrons. The van der Waals surface area contributed by atoms with Crippen LogP contribution in [0.1, 0.15) is 291 Å². The first kappa shape index (κ1) is 100. The van der Waals surface area contributed by atoms with Crippen molar-refractivity contribution in [3.8, 4) is 11.5 Å². The van der Waals surface area contributed by atoms with Crippen LogP contribution in [0.5, 0.6) is 11.5 Å². The Bertz CT molecular complexity index is 3020. The molecule has 1 aliphatic rings. The molecule has 0 bridgehead atoms. The molecule has 1 heterocycles. The van der Waals surface area contributed by atoms with Crippen LogP contribution in [0.4, 0.5) is 4.79 Å². The van der Waals surface area contributed by atoms with E-state index in [1.165, 1.54) is 63.8 Å². The monoisotopic (exact) mass is 1710 g/mol. The van der Waals surface area contributed by atoms with Crippen molar-refractivity contribution in [1.82, 2.24) is 5.32 Å². The van der Waals surface area contributed by atoms with Crippen molar-refractivity contribution in [1.29, 1.82) is 0 Å². The molecule has 8 atom stereocenters. The molecule has 0 aliphatic carbocycles. The lowest BCUT2D eigenvalue weighted by Crippen LogP contribution is -2.61. The fourth-order valence-corrected chi connectivity index (χ4v) is 14.3. The van der Waals surface area contributed by atoms with E-state index in [2.05, 4.69) is 33.0 Å². The molecule has 636 valence electrons. The summed E-state index contributed by atoms with van der Waals surface area (Å²) in [6.07, 6.45) is 20.5. The molecule has 0 saturated carbocycles. The Kier molecular flexibility index (Phi) is 52.2. The number of carbonyl (C=O) groups excluding carboxylic acids is 6. The second-order valence-corrected chi connectivity index (χ2v) is 35.8. The molecule has 0 spiro atoms. The predicted octanol–water partition coefficient (Wildman–Crippen LogP) is 23.5. The second-order valence-electron chi connectivity index (χ2n) is 29.5. The van der Waals surface area contributed by atoms with Crippen LogP contribution in [0.3, 0.4) is 0 Å². The summed E-state index contributed by atoms with van der Waals surface area (Å²) < 4.78 is 80.1. The largest absolute Gasteiger partial charge is 0.588 e. The van der Waals surface area contributed by atoms with Gasteiger partial charge in [-0.2, -0.15) is 4.89 Å². The van der Waals surface area contributed by atoms with Crippen LogP contribution >= 0.6 is 77.4 Å². The maximum Gasteiger partial charge on any atom is 0.588 e. The number of halogens is 6. The zero-order valence-corrected chi connectivity index (χ0v) is 72.5. The topological polar surface area (TPSA) is 252 Å². The number of hydrogen-bond donors (Lipinski definition) is 1. The Labute approximate surface area is 697 Å². The van der Waals surface area contributed by atoms with Gasteiger partial charge in [-0.05, 0) is 82.2 Å². The highest BCUT2D eigenvalue weighted by atomic mass is 35.6. The molecule has 112 heavy (non-hydrogen) atoms. The molecule has 0 unspecified atom stereocenters. The standard InChI is InChI=1S/C84H128Cl6NO20P/c1-7-11-15-19-23-25-29-31-40-54-69(103-73(93)56-46-33-27-21-17-13-9-3)58-72(92)91-66(61-99-60-65-48-38-35-39-49-65)62-100-80-76(79(96)108-102-64-83(85,86)87)78(106-75(95)59-70(55-41-32-30-26-24-20-16-12-8-2)104-74(94)57-47-34-28-22-18-14-10-4)77(71(105-80)63-101-81(97)107-82(5,6)84(88,89)90)111-112(98,109-67-50-42-36-43-51-67)110-68-52-44-37-45-53-68/h35-39,42-45,48-53,66,69-71,76-78,80H,7-34,40-41,46-47,54-64H2,1-6H3,(H,91,92)/t66-,69+,70+,71+,76-,77+,78+,80+/m0/s1. The molecule has 21 nitrogen and oxygen atoms in total. The van der Waals surface area contributed by atoms with Gasteiger partial charge in [-0.25, -0.2) is 14.2 Å². The molecule has 3 aromatic carbocycles. The van der Waals surface area contributed by atoms with Crippen LogP contribution in [0.25, 0.3) is 0 Å². The van der Waals surface area contributed by atoms with Gasteiger partial charge in [-0.3, -0.25) is 28.6 Å². The van der Waals surface area contributed by atoms with Crippen molar-refractivity contribution in [2.45, 2.75) is 348 Å². The Hall–Kier alpha value is -4.35. The van der Waals surface area contributed by atoms with E-state index in [4.69, 9.17) is 131 Å². The summed E-state index contributed by atoms with van der Waals surface area (Å²) in [5.74, 6) is -6.22. The van der Waals surface area contributed by atoms with Crippen molar-refractivity contribution < 1.29 is 94.6 Å². The summed E-state index contributed by atoms with van der Waals surface area (Å²) in [5.41, 5.74) is -1.06. The van der Waals surface area contributed by atoms with E-state index in [9.17, 15) is 19.2 Å². The zero-order chi connectivity index (χ0) is 81.7. The summed E-state index contributed by atoms with van der Waals surface area (Å²) in [5, 5.41) is 3.01. The number of rotatable bonds is 63. The van der Waals surface area contributed by atoms with Crippen molar-refractivity contribution in [2.75, 3.05) is 26.4 Å². The average Bonchev–Trinajstić information content (AvgIpc) is 0.765. The summed E-state index contributed by atoms with van der Waals surface area (Å²) in [6, 6.07) is 23.6.